The maximum Gasteiger partial charge on any atom is 0.330 e. The molecule has 1 aromatic rings. The quantitative estimate of drug-likeness (QED) is 0.476. The van der Waals surface area contributed by atoms with Gasteiger partial charge in [0.1, 0.15) is 11.5 Å². The Labute approximate surface area is 128 Å². The molecule has 0 unspecified atom stereocenters. The van der Waals surface area contributed by atoms with Gasteiger partial charge in [-0.25, -0.2) is 9.59 Å². The van der Waals surface area contributed by atoms with E-state index in [-0.39, 0.29) is 35.8 Å². The van der Waals surface area contributed by atoms with Crippen LogP contribution in [0, 0.1) is 0 Å². The number of carbonyl (C=O) groups is 2. The molecule has 0 radical (unpaired) electrons. The highest BCUT2D eigenvalue weighted by molar-refractivity contribution is 5.89. The minimum atomic E-state index is -0.548. The molecule has 0 aromatic heterocycles. The largest absolute Gasteiger partial charge is 0.507 e. The zero-order valence-corrected chi connectivity index (χ0v) is 12.4. The molecule has 0 aliphatic carbocycles. The number of carbonyl (C=O) groups excluding carboxylic acids is 2. The van der Waals surface area contributed by atoms with E-state index in [2.05, 4.69) is 0 Å². The number of aromatic hydroxyl groups is 2. The number of rotatable bonds is 6. The van der Waals surface area contributed by atoms with Crippen LogP contribution in [0.3, 0.4) is 0 Å². The summed E-state index contributed by atoms with van der Waals surface area (Å²) in [6.07, 6.45) is 4.94. The van der Waals surface area contributed by atoms with E-state index in [1.54, 1.807) is 13.8 Å². The van der Waals surface area contributed by atoms with Crippen molar-refractivity contribution in [1.29, 1.82) is 0 Å². The second-order valence-corrected chi connectivity index (χ2v) is 4.14. The summed E-state index contributed by atoms with van der Waals surface area (Å²) < 4.78 is 9.43. The lowest BCUT2D eigenvalue weighted by molar-refractivity contribution is -0.138. The van der Waals surface area contributed by atoms with Crippen LogP contribution in [0.4, 0.5) is 0 Å². The van der Waals surface area contributed by atoms with E-state index in [1.807, 2.05) is 0 Å². The van der Waals surface area contributed by atoms with Gasteiger partial charge >= 0.3 is 11.9 Å². The number of phenols is 2. The first-order valence-corrected chi connectivity index (χ1v) is 6.73. The predicted molar refractivity (Wildman–Crippen MR) is 81.1 cm³/mol. The third kappa shape index (κ3) is 5.32. The molecular weight excluding hydrogens is 288 g/mol. The van der Waals surface area contributed by atoms with Crippen molar-refractivity contribution in [2.75, 3.05) is 13.2 Å². The molecule has 0 atom stereocenters. The van der Waals surface area contributed by atoms with Gasteiger partial charge in [0.2, 0.25) is 0 Å². The summed E-state index contributed by atoms with van der Waals surface area (Å²) in [7, 11) is 0. The molecule has 0 bridgehead atoms. The Morgan fingerprint density at radius 1 is 0.909 bits per heavy atom. The average molecular weight is 306 g/mol. The zero-order chi connectivity index (χ0) is 16.5. The Kier molecular flexibility index (Phi) is 6.69. The van der Waals surface area contributed by atoms with Gasteiger partial charge in [-0.15, -0.1) is 0 Å². The Bertz CT molecular complexity index is 547. The molecule has 0 saturated carbocycles. The third-order valence-electron chi connectivity index (χ3n) is 2.55. The average Bonchev–Trinajstić information content (AvgIpc) is 2.47. The molecule has 6 nitrogen and oxygen atoms in total. The van der Waals surface area contributed by atoms with E-state index in [1.165, 1.54) is 24.3 Å². The van der Waals surface area contributed by atoms with Crippen LogP contribution in [0.1, 0.15) is 25.0 Å². The van der Waals surface area contributed by atoms with Crippen molar-refractivity contribution < 1.29 is 29.3 Å². The van der Waals surface area contributed by atoms with Gasteiger partial charge in [0, 0.05) is 23.3 Å². The Morgan fingerprint density at radius 3 is 1.59 bits per heavy atom. The van der Waals surface area contributed by atoms with Gasteiger partial charge < -0.3 is 19.7 Å². The predicted octanol–water partition coefficient (Wildman–Crippen LogP) is 2.25. The molecule has 0 fully saturated rings. The summed E-state index contributed by atoms with van der Waals surface area (Å²) in [6.45, 7) is 3.86. The van der Waals surface area contributed by atoms with E-state index < -0.39 is 11.9 Å². The molecule has 22 heavy (non-hydrogen) atoms. The Morgan fingerprint density at radius 2 is 1.27 bits per heavy atom. The van der Waals surface area contributed by atoms with Crippen LogP contribution in [0.5, 0.6) is 11.5 Å². The van der Waals surface area contributed by atoms with Crippen molar-refractivity contribution in [3.8, 4) is 11.5 Å². The highest BCUT2D eigenvalue weighted by atomic mass is 16.5. The molecule has 1 rings (SSSR count). The monoisotopic (exact) mass is 306 g/mol. The normalized spacial score (nSPS) is 11.0. The number of benzene rings is 1. The fraction of sp³-hybridized carbons (Fsp3) is 0.250. The molecular formula is C16H18O6. The second-order valence-electron chi connectivity index (χ2n) is 4.14. The molecule has 6 heteroatoms. The van der Waals surface area contributed by atoms with Crippen molar-refractivity contribution in [1.82, 2.24) is 0 Å². The zero-order valence-electron chi connectivity index (χ0n) is 12.4. The highest BCUT2D eigenvalue weighted by Gasteiger charge is 2.06. The first-order valence-electron chi connectivity index (χ1n) is 6.73. The van der Waals surface area contributed by atoms with Crippen molar-refractivity contribution in [3.05, 3.63) is 35.4 Å². The fourth-order valence-corrected chi connectivity index (χ4v) is 1.57. The van der Waals surface area contributed by atoms with Gasteiger partial charge in [0.25, 0.3) is 0 Å². The second kappa shape index (κ2) is 8.51. The number of ether oxygens (including phenoxy) is 2. The van der Waals surface area contributed by atoms with Crippen LogP contribution in [0.2, 0.25) is 0 Å². The van der Waals surface area contributed by atoms with E-state index in [9.17, 15) is 19.8 Å². The number of esters is 2. The van der Waals surface area contributed by atoms with E-state index in [4.69, 9.17) is 9.47 Å². The van der Waals surface area contributed by atoms with E-state index in [0.717, 1.165) is 12.2 Å². The number of hydrogen-bond acceptors (Lipinski definition) is 6. The smallest absolute Gasteiger partial charge is 0.330 e. The fourth-order valence-electron chi connectivity index (χ4n) is 1.57. The molecule has 0 saturated heterocycles. The van der Waals surface area contributed by atoms with E-state index in [0.29, 0.717) is 0 Å². The summed E-state index contributed by atoms with van der Waals surface area (Å²) in [6, 6.07) is 2.55. The molecule has 0 aliphatic rings. The van der Waals surface area contributed by atoms with Crippen LogP contribution in [0.15, 0.2) is 24.3 Å². The van der Waals surface area contributed by atoms with Crippen molar-refractivity contribution in [2.45, 2.75) is 13.8 Å². The van der Waals surface area contributed by atoms with Crippen molar-refractivity contribution in [3.63, 3.8) is 0 Å². The van der Waals surface area contributed by atoms with Crippen LogP contribution >= 0.6 is 0 Å². The van der Waals surface area contributed by atoms with Crippen LogP contribution < -0.4 is 0 Å². The first kappa shape index (κ1) is 17.3. The third-order valence-corrected chi connectivity index (χ3v) is 2.55. The SMILES string of the molecule is CCOC(=O)/C=C/c1cc(O)c(/C=C/C(=O)OCC)cc1O. The molecule has 0 heterocycles. The van der Waals surface area contributed by atoms with Crippen LogP contribution in [0.25, 0.3) is 12.2 Å². The lowest BCUT2D eigenvalue weighted by Gasteiger charge is -2.04. The van der Waals surface area contributed by atoms with Crippen molar-refractivity contribution in [2.24, 2.45) is 0 Å². The molecule has 0 amide bonds. The summed E-state index contributed by atoms with van der Waals surface area (Å²) in [4.78, 5) is 22.4. The van der Waals surface area contributed by atoms with Gasteiger partial charge in [-0.3, -0.25) is 0 Å². The Hall–Kier alpha value is -2.76. The molecule has 118 valence electrons. The lowest BCUT2D eigenvalue weighted by Crippen LogP contribution is -1.99. The molecule has 0 aliphatic heterocycles. The minimum absolute atomic E-state index is 0.151. The van der Waals surface area contributed by atoms with Gasteiger partial charge in [0.15, 0.2) is 0 Å². The molecule has 0 spiro atoms. The number of phenolic OH excluding ortho intramolecular Hbond substituents is 2. The van der Waals surface area contributed by atoms with E-state index >= 15 is 0 Å². The minimum Gasteiger partial charge on any atom is -0.507 e. The van der Waals surface area contributed by atoms with Gasteiger partial charge in [-0.1, -0.05) is 0 Å². The number of hydrogen-bond donors (Lipinski definition) is 2. The highest BCUT2D eigenvalue weighted by Crippen LogP contribution is 2.29. The maximum absolute atomic E-state index is 11.2. The lowest BCUT2D eigenvalue weighted by atomic mass is 10.1. The summed E-state index contributed by atoms with van der Waals surface area (Å²) in [5.41, 5.74) is 0.498. The van der Waals surface area contributed by atoms with Crippen LogP contribution in [-0.4, -0.2) is 35.4 Å². The summed E-state index contributed by atoms with van der Waals surface area (Å²) >= 11 is 0. The standard InChI is InChI=1S/C16H18O6/c1-3-21-15(19)7-5-11-9-14(18)12(10-13(11)17)6-8-16(20)22-4-2/h5-10,17-18H,3-4H2,1-2H3/b7-5+,8-6+. The summed E-state index contributed by atoms with van der Waals surface area (Å²) in [5, 5.41) is 19.7. The maximum atomic E-state index is 11.2. The molecule has 2 N–H and O–H groups in total. The Balaban J connectivity index is 2.92. The molecule has 1 aromatic carbocycles. The van der Waals surface area contributed by atoms with Crippen molar-refractivity contribution >= 4 is 24.1 Å². The summed E-state index contributed by atoms with van der Waals surface area (Å²) in [5.74, 6) is -1.40. The van der Waals surface area contributed by atoms with Gasteiger partial charge in [-0.05, 0) is 38.1 Å². The topological polar surface area (TPSA) is 93.1 Å². The van der Waals surface area contributed by atoms with Crippen LogP contribution in [-0.2, 0) is 19.1 Å². The van der Waals surface area contributed by atoms with Gasteiger partial charge in [0.05, 0.1) is 13.2 Å². The van der Waals surface area contributed by atoms with Gasteiger partial charge in [-0.2, -0.15) is 0 Å². The first-order chi connectivity index (χ1) is 10.5.